The molecule has 2 rings (SSSR count). The van der Waals surface area contributed by atoms with Crippen molar-refractivity contribution in [2.24, 2.45) is 18.9 Å². The monoisotopic (exact) mass is 383 g/mol. The first-order valence-corrected chi connectivity index (χ1v) is 10.00. The van der Waals surface area contributed by atoms with Crippen molar-refractivity contribution in [1.29, 1.82) is 0 Å². The quantitative estimate of drug-likeness (QED) is 0.661. The first kappa shape index (κ1) is 21.7. The normalized spacial score (nSPS) is 11.1. The topological polar surface area (TPSA) is 45.6 Å². The predicted octanol–water partition coefficient (Wildman–Crippen LogP) is 3.81. The molecule has 1 heterocycles. The highest BCUT2D eigenvalue weighted by atomic mass is 16.2. The van der Waals surface area contributed by atoms with Crippen LogP contribution in [0.15, 0.2) is 48.7 Å². The van der Waals surface area contributed by atoms with E-state index in [0.717, 1.165) is 5.69 Å². The van der Waals surface area contributed by atoms with Gasteiger partial charge in [-0.25, -0.2) is 0 Å². The van der Waals surface area contributed by atoms with Crippen molar-refractivity contribution >= 4 is 11.8 Å². The molecular formula is C23H33N3O2. The third-order valence-corrected chi connectivity index (χ3v) is 4.56. The highest BCUT2D eigenvalue weighted by Gasteiger charge is 2.24. The summed E-state index contributed by atoms with van der Waals surface area (Å²) >= 11 is 0. The largest absolute Gasteiger partial charge is 0.353 e. The van der Waals surface area contributed by atoms with Crippen molar-refractivity contribution in [1.82, 2.24) is 14.4 Å². The summed E-state index contributed by atoms with van der Waals surface area (Å²) in [6, 6.07) is 13.2. The second-order valence-electron chi connectivity index (χ2n) is 8.22. The van der Waals surface area contributed by atoms with Crippen molar-refractivity contribution in [2.75, 3.05) is 19.6 Å². The first-order chi connectivity index (χ1) is 13.3. The number of amides is 2. The zero-order valence-electron chi connectivity index (χ0n) is 17.8. The van der Waals surface area contributed by atoms with Crippen molar-refractivity contribution in [3.8, 4) is 0 Å². The van der Waals surface area contributed by atoms with Crippen LogP contribution in [0.4, 0.5) is 0 Å². The Bertz CT molecular complexity index is 765. The van der Waals surface area contributed by atoms with E-state index in [9.17, 15) is 9.59 Å². The van der Waals surface area contributed by atoms with Gasteiger partial charge in [-0.15, -0.1) is 0 Å². The maximum absolute atomic E-state index is 13.2. The second kappa shape index (κ2) is 10.1. The first-order valence-electron chi connectivity index (χ1n) is 10.00. The van der Waals surface area contributed by atoms with Gasteiger partial charge in [-0.05, 0) is 36.1 Å². The Morgan fingerprint density at radius 2 is 1.50 bits per heavy atom. The lowest BCUT2D eigenvalue weighted by Crippen LogP contribution is -2.45. The third-order valence-electron chi connectivity index (χ3n) is 4.56. The molecule has 0 unspecified atom stereocenters. The SMILES string of the molecule is CC(C)CN(Cc1cccn1C)C(=O)CN(CC(C)C)C(=O)c1ccccc1. The molecule has 0 aliphatic carbocycles. The summed E-state index contributed by atoms with van der Waals surface area (Å²) in [6.45, 7) is 10.2. The fourth-order valence-corrected chi connectivity index (χ4v) is 3.24. The van der Waals surface area contributed by atoms with Gasteiger partial charge in [-0.2, -0.15) is 0 Å². The Kier molecular flexibility index (Phi) is 7.85. The number of aromatic nitrogens is 1. The lowest BCUT2D eigenvalue weighted by Gasteiger charge is -2.30. The Balaban J connectivity index is 2.17. The zero-order chi connectivity index (χ0) is 20.7. The number of carbonyl (C=O) groups is 2. The molecule has 28 heavy (non-hydrogen) atoms. The molecule has 1 aromatic heterocycles. The summed E-state index contributed by atoms with van der Waals surface area (Å²) in [6.07, 6.45) is 1.98. The zero-order valence-corrected chi connectivity index (χ0v) is 17.8. The molecule has 0 radical (unpaired) electrons. The van der Waals surface area contributed by atoms with E-state index in [1.165, 1.54) is 0 Å². The Morgan fingerprint density at radius 1 is 0.893 bits per heavy atom. The van der Waals surface area contributed by atoms with Crippen LogP contribution in [0.5, 0.6) is 0 Å². The van der Waals surface area contributed by atoms with Crippen LogP contribution in [0, 0.1) is 11.8 Å². The molecule has 152 valence electrons. The molecular weight excluding hydrogens is 350 g/mol. The molecule has 0 spiro atoms. The molecule has 1 aromatic carbocycles. The molecule has 2 aromatic rings. The van der Waals surface area contributed by atoms with Gasteiger partial charge in [0, 0.05) is 37.6 Å². The Labute approximate surface area is 168 Å². The third kappa shape index (κ3) is 6.25. The number of hydrogen-bond acceptors (Lipinski definition) is 2. The van der Waals surface area contributed by atoms with Crippen LogP contribution < -0.4 is 0 Å². The molecule has 0 fully saturated rings. The molecule has 5 nitrogen and oxygen atoms in total. The van der Waals surface area contributed by atoms with Crippen molar-refractivity contribution in [2.45, 2.75) is 34.2 Å². The van der Waals surface area contributed by atoms with Gasteiger partial charge < -0.3 is 14.4 Å². The number of hydrogen-bond donors (Lipinski definition) is 0. The molecule has 0 bridgehead atoms. The van der Waals surface area contributed by atoms with Gasteiger partial charge in [0.1, 0.15) is 6.54 Å². The second-order valence-corrected chi connectivity index (χ2v) is 8.22. The van der Waals surface area contributed by atoms with Crippen LogP contribution in [-0.4, -0.2) is 45.8 Å². The highest BCUT2D eigenvalue weighted by Crippen LogP contribution is 2.12. The van der Waals surface area contributed by atoms with Gasteiger partial charge in [0.05, 0.1) is 6.54 Å². The van der Waals surface area contributed by atoms with Crippen molar-refractivity contribution < 1.29 is 9.59 Å². The molecule has 0 aliphatic heterocycles. The molecule has 0 N–H and O–H groups in total. The van der Waals surface area contributed by atoms with Gasteiger partial charge in [0.15, 0.2) is 0 Å². The summed E-state index contributed by atoms with van der Waals surface area (Å²) in [5.41, 5.74) is 1.70. The predicted molar refractivity (Wildman–Crippen MR) is 113 cm³/mol. The maximum Gasteiger partial charge on any atom is 0.254 e. The molecule has 0 aliphatic rings. The minimum atomic E-state index is -0.0917. The fourth-order valence-electron chi connectivity index (χ4n) is 3.24. The molecule has 0 saturated carbocycles. The van der Waals surface area contributed by atoms with Gasteiger partial charge in [0.25, 0.3) is 5.91 Å². The van der Waals surface area contributed by atoms with E-state index in [1.807, 2.05) is 53.0 Å². The van der Waals surface area contributed by atoms with Crippen LogP contribution in [0.3, 0.4) is 0 Å². The fraction of sp³-hybridized carbons (Fsp3) is 0.478. The number of benzene rings is 1. The van der Waals surface area contributed by atoms with E-state index in [1.54, 1.807) is 17.0 Å². The lowest BCUT2D eigenvalue weighted by atomic mass is 10.1. The number of rotatable bonds is 9. The van der Waals surface area contributed by atoms with Crippen LogP contribution >= 0.6 is 0 Å². The van der Waals surface area contributed by atoms with Crippen molar-refractivity contribution in [3.05, 3.63) is 59.9 Å². The van der Waals surface area contributed by atoms with Gasteiger partial charge in [-0.3, -0.25) is 9.59 Å². The molecule has 5 heteroatoms. The minimum Gasteiger partial charge on any atom is -0.353 e. The summed E-state index contributed by atoms with van der Waals surface area (Å²) in [5.74, 6) is 0.533. The Morgan fingerprint density at radius 3 is 2.04 bits per heavy atom. The standard InChI is InChI=1S/C23H33N3O2/c1-18(2)14-25(16-21-12-9-13-24(21)5)22(27)17-26(15-19(3)4)23(28)20-10-7-6-8-11-20/h6-13,18-19H,14-17H2,1-5H3. The number of nitrogens with zero attached hydrogens (tertiary/aromatic N) is 3. The summed E-state index contributed by atoms with van der Waals surface area (Å²) in [5, 5.41) is 0. The average Bonchev–Trinajstić information content (AvgIpc) is 3.04. The molecule has 2 amide bonds. The average molecular weight is 384 g/mol. The maximum atomic E-state index is 13.2. The van der Waals surface area contributed by atoms with Gasteiger partial charge in [0.2, 0.25) is 5.91 Å². The van der Waals surface area contributed by atoms with Gasteiger partial charge in [-0.1, -0.05) is 45.9 Å². The van der Waals surface area contributed by atoms with E-state index in [-0.39, 0.29) is 24.3 Å². The van der Waals surface area contributed by atoms with Crippen LogP contribution in [0.2, 0.25) is 0 Å². The minimum absolute atomic E-state index is 0.0140. The van der Waals surface area contributed by atoms with Crippen LogP contribution in [0.1, 0.15) is 43.7 Å². The summed E-state index contributed by atoms with van der Waals surface area (Å²) in [7, 11) is 1.98. The molecule has 0 atom stereocenters. The van der Waals surface area contributed by atoms with E-state index >= 15 is 0 Å². The van der Waals surface area contributed by atoms with Crippen LogP contribution in [0.25, 0.3) is 0 Å². The van der Waals surface area contributed by atoms with Crippen molar-refractivity contribution in [3.63, 3.8) is 0 Å². The van der Waals surface area contributed by atoms with Gasteiger partial charge >= 0.3 is 0 Å². The number of carbonyl (C=O) groups excluding carboxylic acids is 2. The number of aryl methyl sites for hydroxylation is 1. The smallest absolute Gasteiger partial charge is 0.254 e. The highest BCUT2D eigenvalue weighted by molar-refractivity contribution is 5.96. The Hall–Kier alpha value is -2.56. The van der Waals surface area contributed by atoms with E-state index in [2.05, 4.69) is 27.7 Å². The van der Waals surface area contributed by atoms with E-state index in [0.29, 0.717) is 31.1 Å². The summed E-state index contributed by atoms with van der Waals surface area (Å²) < 4.78 is 2.03. The van der Waals surface area contributed by atoms with Crippen LogP contribution in [-0.2, 0) is 18.4 Å². The van der Waals surface area contributed by atoms with E-state index in [4.69, 9.17) is 0 Å². The summed E-state index contributed by atoms with van der Waals surface area (Å²) in [4.78, 5) is 29.7. The lowest BCUT2D eigenvalue weighted by molar-refractivity contribution is -0.133. The van der Waals surface area contributed by atoms with E-state index < -0.39 is 0 Å². The molecule has 0 saturated heterocycles.